The molecular formula is C30H56N4O8. The van der Waals surface area contributed by atoms with E-state index in [4.69, 9.17) is 15.0 Å². The van der Waals surface area contributed by atoms with Gasteiger partial charge in [-0.15, -0.1) is 0 Å². The minimum Gasteiger partial charge on any atom is -0.394 e. The Morgan fingerprint density at radius 1 is 0.952 bits per heavy atom. The summed E-state index contributed by atoms with van der Waals surface area (Å²) < 4.78 is 11.0. The number of ether oxygens (including phenoxy) is 2. The number of amides is 1. The van der Waals surface area contributed by atoms with Gasteiger partial charge in [-0.05, 0) is 31.2 Å². The molecule has 7 atom stereocenters. The number of rotatable bonds is 25. The molecule has 0 saturated carbocycles. The van der Waals surface area contributed by atoms with E-state index in [1.54, 1.807) is 6.08 Å². The molecule has 6 N–H and O–H groups in total. The van der Waals surface area contributed by atoms with Crippen LogP contribution in [0.2, 0.25) is 0 Å². The molecule has 0 aromatic heterocycles. The summed E-state index contributed by atoms with van der Waals surface area (Å²) in [5.74, 6) is -0.293. The van der Waals surface area contributed by atoms with Gasteiger partial charge < -0.3 is 40.3 Å². The third-order valence-corrected chi connectivity index (χ3v) is 7.58. The van der Waals surface area contributed by atoms with Gasteiger partial charge in [0.15, 0.2) is 6.29 Å². The molecular weight excluding hydrogens is 544 g/mol. The van der Waals surface area contributed by atoms with Crippen LogP contribution in [0.25, 0.3) is 10.4 Å². The number of aliphatic hydroxyl groups excluding tert-OH is 5. The number of nitrogens with zero attached hydrogens (tertiary/aromatic N) is 3. The van der Waals surface area contributed by atoms with E-state index in [1.165, 1.54) is 57.8 Å². The highest BCUT2D eigenvalue weighted by atomic mass is 16.7. The second-order valence-electron chi connectivity index (χ2n) is 11.2. The number of carbonyl (C=O) groups is 1. The Morgan fingerprint density at radius 3 is 2.19 bits per heavy atom. The number of hydrogen-bond acceptors (Lipinski definition) is 9. The van der Waals surface area contributed by atoms with Crippen LogP contribution in [0.15, 0.2) is 17.3 Å². The van der Waals surface area contributed by atoms with Gasteiger partial charge in [0, 0.05) is 17.9 Å². The molecule has 0 bridgehead atoms. The number of allylic oxidation sites excluding steroid dienone is 1. The lowest BCUT2D eigenvalue weighted by Crippen LogP contribution is -2.60. The quantitative estimate of drug-likeness (QED) is 0.0299. The van der Waals surface area contributed by atoms with E-state index in [9.17, 15) is 30.3 Å². The molecule has 0 aromatic rings. The summed E-state index contributed by atoms with van der Waals surface area (Å²) in [6, 6.07) is -0.860. The summed E-state index contributed by atoms with van der Waals surface area (Å²) in [6.07, 6.45) is 12.0. The minimum atomic E-state index is -1.59. The highest BCUT2D eigenvalue weighted by molar-refractivity contribution is 5.76. The normalized spacial score (nSPS) is 23.9. The lowest BCUT2D eigenvalue weighted by Gasteiger charge is -2.40. The molecule has 1 amide bonds. The zero-order valence-electron chi connectivity index (χ0n) is 25.4. The Kier molecular flexibility index (Phi) is 22.5. The largest absolute Gasteiger partial charge is 0.394 e. The molecule has 0 aromatic carbocycles. The molecule has 1 heterocycles. The smallest absolute Gasteiger partial charge is 0.220 e. The van der Waals surface area contributed by atoms with Crippen molar-refractivity contribution in [1.82, 2.24) is 5.32 Å². The molecule has 1 fully saturated rings. The second-order valence-corrected chi connectivity index (χ2v) is 11.2. The van der Waals surface area contributed by atoms with Crippen molar-refractivity contribution in [1.29, 1.82) is 0 Å². The highest BCUT2D eigenvalue weighted by Gasteiger charge is 2.44. The van der Waals surface area contributed by atoms with E-state index < -0.39 is 49.5 Å². The van der Waals surface area contributed by atoms with Crippen LogP contribution < -0.4 is 5.32 Å². The SMILES string of the molecule is CCCCCCCCCCCCC/C=C/[C@@H](O)[C@H](CO[C@@H]1O[C@H](CO)[C@@H](O)[C@H](O)[C@H]1O)NC(=O)CCCCCN=[N+]=[N-]. The fourth-order valence-corrected chi connectivity index (χ4v) is 4.89. The molecule has 0 unspecified atom stereocenters. The van der Waals surface area contributed by atoms with Gasteiger partial charge in [-0.25, -0.2) is 0 Å². The van der Waals surface area contributed by atoms with Gasteiger partial charge in [-0.3, -0.25) is 4.79 Å². The Bertz CT molecular complexity index is 766. The Morgan fingerprint density at radius 2 is 1.57 bits per heavy atom. The van der Waals surface area contributed by atoms with Crippen molar-refractivity contribution in [2.24, 2.45) is 5.11 Å². The van der Waals surface area contributed by atoms with Crippen molar-refractivity contribution in [3.63, 3.8) is 0 Å². The van der Waals surface area contributed by atoms with E-state index in [0.29, 0.717) is 25.8 Å². The Balaban J connectivity index is 2.52. The molecule has 244 valence electrons. The van der Waals surface area contributed by atoms with Crippen molar-refractivity contribution < 1.29 is 39.8 Å². The zero-order valence-corrected chi connectivity index (χ0v) is 25.4. The van der Waals surface area contributed by atoms with E-state index >= 15 is 0 Å². The fraction of sp³-hybridized carbons (Fsp3) is 0.900. The van der Waals surface area contributed by atoms with Crippen molar-refractivity contribution >= 4 is 5.91 Å². The molecule has 1 saturated heterocycles. The van der Waals surface area contributed by atoms with Crippen molar-refractivity contribution in [3.8, 4) is 0 Å². The maximum Gasteiger partial charge on any atom is 0.220 e. The minimum absolute atomic E-state index is 0.210. The summed E-state index contributed by atoms with van der Waals surface area (Å²) in [7, 11) is 0. The first-order valence-electron chi connectivity index (χ1n) is 15.9. The first-order valence-corrected chi connectivity index (χ1v) is 15.9. The summed E-state index contributed by atoms with van der Waals surface area (Å²) in [4.78, 5) is 15.3. The molecule has 0 aliphatic carbocycles. The number of aliphatic hydroxyl groups is 5. The number of carbonyl (C=O) groups excluding carboxylic acids is 1. The van der Waals surface area contributed by atoms with Crippen molar-refractivity contribution in [3.05, 3.63) is 22.6 Å². The van der Waals surface area contributed by atoms with Gasteiger partial charge in [0.1, 0.15) is 24.4 Å². The predicted octanol–water partition coefficient (Wildman–Crippen LogP) is 3.78. The van der Waals surface area contributed by atoms with Gasteiger partial charge in [-0.2, -0.15) is 0 Å². The first kappa shape index (κ1) is 38.3. The number of hydrogen-bond donors (Lipinski definition) is 6. The molecule has 0 spiro atoms. The Hall–Kier alpha value is -1.76. The molecule has 1 aliphatic rings. The summed E-state index contributed by atoms with van der Waals surface area (Å²) in [6.45, 7) is 1.77. The fourth-order valence-electron chi connectivity index (χ4n) is 4.89. The number of nitrogens with one attached hydrogen (secondary N) is 1. The van der Waals surface area contributed by atoms with Gasteiger partial charge in [0.2, 0.25) is 5.91 Å². The lowest BCUT2D eigenvalue weighted by atomic mass is 9.99. The van der Waals surface area contributed by atoms with Gasteiger partial charge >= 0.3 is 0 Å². The maximum absolute atomic E-state index is 12.6. The lowest BCUT2D eigenvalue weighted by molar-refractivity contribution is -0.302. The summed E-state index contributed by atoms with van der Waals surface area (Å²) in [5, 5.41) is 56.7. The van der Waals surface area contributed by atoms with Crippen LogP contribution in [0, 0.1) is 0 Å². The van der Waals surface area contributed by atoms with Crippen LogP contribution in [0.3, 0.4) is 0 Å². The molecule has 12 nitrogen and oxygen atoms in total. The molecule has 42 heavy (non-hydrogen) atoms. The van der Waals surface area contributed by atoms with Crippen LogP contribution in [0.4, 0.5) is 0 Å². The topological polar surface area (TPSA) is 197 Å². The van der Waals surface area contributed by atoms with Gasteiger partial charge in [0.05, 0.1) is 25.4 Å². The molecule has 12 heteroatoms. The molecule has 1 rings (SSSR count). The number of unbranched alkanes of at least 4 members (excludes halogenated alkanes) is 13. The third-order valence-electron chi connectivity index (χ3n) is 7.58. The second kappa shape index (κ2) is 24.7. The third kappa shape index (κ3) is 16.8. The van der Waals surface area contributed by atoms with Crippen LogP contribution in [0.1, 0.15) is 110 Å². The summed E-state index contributed by atoms with van der Waals surface area (Å²) >= 11 is 0. The van der Waals surface area contributed by atoms with Crippen molar-refractivity contribution in [2.45, 2.75) is 153 Å². The van der Waals surface area contributed by atoms with E-state index in [1.807, 2.05) is 6.08 Å². The first-order chi connectivity index (χ1) is 20.3. The summed E-state index contributed by atoms with van der Waals surface area (Å²) in [5.41, 5.74) is 8.34. The predicted molar refractivity (Wildman–Crippen MR) is 160 cm³/mol. The number of azide groups is 1. The monoisotopic (exact) mass is 600 g/mol. The maximum atomic E-state index is 12.6. The van der Waals surface area contributed by atoms with Crippen LogP contribution >= 0.6 is 0 Å². The van der Waals surface area contributed by atoms with Crippen LogP contribution in [-0.4, -0.2) is 94.1 Å². The van der Waals surface area contributed by atoms with E-state index in [0.717, 1.165) is 19.3 Å². The van der Waals surface area contributed by atoms with Crippen molar-refractivity contribution in [2.75, 3.05) is 19.8 Å². The standard InChI is InChI=1S/C30H56N4O8/c1-2-3-4-5-6-7-8-9-10-11-12-13-15-18-24(36)23(33-26(37)19-16-14-17-20-32-34-31)22-41-30-29(40)28(39)27(38)25(21-35)42-30/h15,18,23-25,27-30,35-36,38-40H,2-14,16-17,19-22H2,1H3,(H,33,37)/b18-15+/t23-,24+,25+,27+,28-,29+,30+/m0/s1. The van der Waals surface area contributed by atoms with Gasteiger partial charge in [0.25, 0.3) is 0 Å². The van der Waals surface area contributed by atoms with E-state index in [2.05, 4.69) is 22.3 Å². The van der Waals surface area contributed by atoms with Gasteiger partial charge in [-0.1, -0.05) is 94.8 Å². The van der Waals surface area contributed by atoms with E-state index in [-0.39, 0.29) is 18.9 Å². The van der Waals surface area contributed by atoms with Crippen LogP contribution in [0.5, 0.6) is 0 Å². The molecule has 0 radical (unpaired) electrons. The average Bonchev–Trinajstić information content (AvgIpc) is 2.98. The Labute approximate surface area is 251 Å². The average molecular weight is 601 g/mol. The molecule has 1 aliphatic heterocycles. The van der Waals surface area contributed by atoms with Crippen LogP contribution in [-0.2, 0) is 14.3 Å². The zero-order chi connectivity index (χ0) is 31.0. The highest BCUT2D eigenvalue weighted by Crippen LogP contribution is 2.22.